The van der Waals surface area contributed by atoms with E-state index in [0.29, 0.717) is 17.1 Å². The van der Waals surface area contributed by atoms with Crippen molar-refractivity contribution >= 4 is 63.2 Å². The van der Waals surface area contributed by atoms with Crippen LogP contribution in [0.3, 0.4) is 0 Å². The highest BCUT2D eigenvalue weighted by Crippen LogP contribution is 2.30. The van der Waals surface area contributed by atoms with Gasteiger partial charge in [0.2, 0.25) is 0 Å². The van der Waals surface area contributed by atoms with Gasteiger partial charge in [0.15, 0.2) is 0 Å². The molecule has 3 heterocycles. The number of piperazine rings is 1. The molecule has 4 aromatic rings. The van der Waals surface area contributed by atoms with Gasteiger partial charge >= 0.3 is 0 Å². The number of aryl methyl sites for hydroxylation is 1. The topological polar surface area (TPSA) is 100 Å². The predicted octanol–water partition coefficient (Wildman–Crippen LogP) is 5.51. The van der Waals surface area contributed by atoms with Gasteiger partial charge in [-0.05, 0) is 61.3 Å². The van der Waals surface area contributed by atoms with Gasteiger partial charge in [-0.1, -0.05) is 35.0 Å². The fraction of sp³-hybridized carbons (Fsp3) is 0.357. The second-order valence-corrected chi connectivity index (χ2v) is 10.5. The monoisotopic (exact) mass is 636 g/mol. The van der Waals surface area contributed by atoms with Gasteiger partial charge in [-0.3, -0.25) is 9.69 Å². The van der Waals surface area contributed by atoms with Crippen molar-refractivity contribution in [3.05, 3.63) is 74.6 Å². The van der Waals surface area contributed by atoms with Gasteiger partial charge in [-0.15, -0.1) is 24.8 Å². The number of hydrogen-bond acceptors (Lipinski definition) is 6. The summed E-state index contributed by atoms with van der Waals surface area (Å²) < 4.78 is 0.903. The zero-order chi connectivity index (χ0) is 25.9. The lowest BCUT2D eigenvalue weighted by Crippen LogP contribution is -2.46. The molecular formula is C28H35BrCl2N6O2. The lowest BCUT2D eigenvalue weighted by Gasteiger charge is -2.36. The molecule has 4 N–H and O–H groups in total. The van der Waals surface area contributed by atoms with Crippen molar-refractivity contribution < 1.29 is 5.11 Å². The van der Waals surface area contributed by atoms with Crippen molar-refractivity contribution in [2.24, 2.45) is 0 Å². The van der Waals surface area contributed by atoms with Crippen molar-refractivity contribution in [1.82, 2.24) is 19.9 Å². The molecule has 0 amide bonds. The van der Waals surface area contributed by atoms with Crippen LogP contribution in [0.15, 0.2) is 57.9 Å². The van der Waals surface area contributed by atoms with Gasteiger partial charge in [0.05, 0.1) is 22.8 Å². The lowest BCUT2D eigenvalue weighted by molar-refractivity contribution is 0.191. The van der Waals surface area contributed by atoms with E-state index in [9.17, 15) is 9.90 Å². The number of aromatic amines is 2. The highest BCUT2D eigenvalue weighted by Gasteiger charge is 2.20. The average Bonchev–Trinajstić information content (AvgIpc) is 3.32. The second-order valence-electron chi connectivity index (χ2n) is 9.62. The van der Waals surface area contributed by atoms with Crippen LogP contribution in [0.4, 0.5) is 11.4 Å². The summed E-state index contributed by atoms with van der Waals surface area (Å²) in [7, 11) is 0. The zero-order valence-corrected chi connectivity index (χ0v) is 25.3. The van der Waals surface area contributed by atoms with Gasteiger partial charge in [0.1, 0.15) is 11.4 Å². The summed E-state index contributed by atoms with van der Waals surface area (Å²) in [6.07, 6.45) is 2.05. The van der Waals surface area contributed by atoms with Crippen molar-refractivity contribution in [3.63, 3.8) is 0 Å². The molecule has 5 rings (SSSR count). The number of halogens is 3. The van der Waals surface area contributed by atoms with Gasteiger partial charge in [0, 0.05) is 49.1 Å². The van der Waals surface area contributed by atoms with E-state index in [0.717, 1.165) is 59.4 Å². The van der Waals surface area contributed by atoms with Gasteiger partial charge in [-0.25, -0.2) is 4.98 Å². The van der Waals surface area contributed by atoms with Crippen molar-refractivity contribution in [2.75, 3.05) is 49.5 Å². The van der Waals surface area contributed by atoms with Crippen LogP contribution in [0.1, 0.15) is 30.6 Å². The van der Waals surface area contributed by atoms with E-state index in [-0.39, 0.29) is 36.9 Å². The number of aliphatic hydroxyl groups excluding tert-OH is 1. The number of pyridine rings is 1. The second kappa shape index (κ2) is 13.7. The Kier molecular flexibility index (Phi) is 10.9. The van der Waals surface area contributed by atoms with E-state index < -0.39 is 6.10 Å². The van der Waals surface area contributed by atoms with Crippen molar-refractivity contribution in [3.8, 4) is 11.4 Å². The summed E-state index contributed by atoms with van der Waals surface area (Å²) in [5, 5.41) is 13.9. The van der Waals surface area contributed by atoms with Crippen molar-refractivity contribution in [2.45, 2.75) is 26.4 Å². The van der Waals surface area contributed by atoms with Crippen LogP contribution >= 0.6 is 40.7 Å². The highest BCUT2D eigenvalue weighted by atomic mass is 79.9. The summed E-state index contributed by atoms with van der Waals surface area (Å²) >= 11 is 3.45. The summed E-state index contributed by atoms with van der Waals surface area (Å²) in [6.45, 7) is 9.82. The van der Waals surface area contributed by atoms with Crippen LogP contribution in [0.25, 0.3) is 22.4 Å². The van der Waals surface area contributed by atoms with E-state index in [1.165, 1.54) is 12.1 Å². The number of aliphatic hydroxyl groups is 1. The molecule has 1 saturated heterocycles. The number of anilines is 2. The number of nitrogens with one attached hydrogen (secondary N) is 3. The summed E-state index contributed by atoms with van der Waals surface area (Å²) in [4.78, 5) is 28.8. The molecule has 0 aliphatic carbocycles. The number of rotatable bonds is 8. The molecule has 1 aliphatic heterocycles. The summed E-state index contributed by atoms with van der Waals surface area (Å²) in [6, 6.07) is 13.7. The third-order valence-electron chi connectivity index (χ3n) is 6.96. The van der Waals surface area contributed by atoms with E-state index in [4.69, 9.17) is 4.98 Å². The Morgan fingerprint density at radius 2 is 1.90 bits per heavy atom. The zero-order valence-electron chi connectivity index (χ0n) is 22.0. The Bertz CT molecular complexity index is 1450. The number of imidazole rings is 1. The molecule has 0 unspecified atom stereocenters. The molecule has 1 atom stereocenters. The number of nitrogens with zero attached hydrogens (tertiary/aromatic N) is 3. The largest absolute Gasteiger partial charge is 0.387 e. The molecule has 1 fully saturated rings. The van der Waals surface area contributed by atoms with E-state index in [2.05, 4.69) is 67.0 Å². The molecule has 2 aromatic carbocycles. The lowest BCUT2D eigenvalue weighted by atomic mass is 10.1. The third-order valence-corrected chi connectivity index (χ3v) is 7.45. The molecule has 0 radical (unpaired) electrons. The number of aromatic nitrogens is 3. The Balaban J connectivity index is 0.00000210. The minimum Gasteiger partial charge on any atom is -0.387 e. The van der Waals surface area contributed by atoms with Crippen LogP contribution in [-0.4, -0.2) is 64.2 Å². The van der Waals surface area contributed by atoms with Crippen LogP contribution in [0.2, 0.25) is 0 Å². The van der Waals surface area contributed by atoms with Gasteiger partial charge in [0.25, 0.3) is 5.56 Å². The number of H-pyrrole nitrogens is 2. The molecule has 39 heavy (non-hydrogen) atoms. The maximum Gasteiger partial charge on any atom is 0.261 e. The molecule has 11 heteroatoms. The average molecular weight is 638 g/mol. The Morgan fingerprint density at radius 1 is 1.13 bits per heavy atom. The van der Waals surface area contributed by atoms with Crippen LogP contribution in [0, 0.1) is 6.92 Å². The first-order chi connectivity index (χ1) is 17.9. The van der Waals surface area contributed by atoms with Gasteiger partial charge in [-0.2, -0.15) is 0 Å². The summed E-state index contributed by atoms with van der Waals surface area (Å²) in [5.41, 5.74) is 5.58. The SMILES string of the molecule is CCCN1CCN(c2cc(C)c3nc(-c4c(NC[C@@H](O)c5cccc(Br)c5)cc[nH]c4=O)[nH]c3c2)CC1.Cl.Cl. The minimum atomic E-state index is -0.733. The molecule has 210 valence electrons. The Labute approximate surface area is 249 Å². The Hall–Kier alpha value is -2.56. The molecule has 0 bridgehead atoms. The Morgan fingerprint density at radius 3 is 2.62 bits per heavy atom. The first-order valence-corrected chi connectivity index (χ1v) is 13.6. The molecular weight excluding hydrogens is 603 g/mol. The highest BCUT2D eigenvalue weighted by molar-refractivity contribution is 9.10. The smallest absolute Gasteiger partial charge is 0.261 e. The molecule has 0 spiro atoms. The van der Waals surface area contributed by atoms with E-state index in [1.54, 1.807) is 12.3 Å². The molecule has 2 aromatic heterocycles. The quantitative estimate of drug-likeness (QED) is 0.203. The van der Waals surface area contributed by atoms with Crippen molar-refractivity contribution in [1.29, 1.82) is 0 Å². The fourth-order valence-corrected chi connectivity index (χ4v) is 5.43. The number of benzene rings is 2. The van der Waals surface area contributed by atoms with E-state index >= 15 is 0 Å². The normalized spacial score (nSPS) is 14.5. The standard InChI is InChI=1S/C28H33BrN6O2.2ClH/c1-3-9-34-10-12-35(13-11-34)21-14-18(2)26-23(16-21)32-27(33-26)25-22(7-8-30-28(25)37)31-17-24(36)19-5-4-6-20(29)15-19;;/h4-8,14-16,24,36H,3,9-13,17H2,1-2H3,(H,32,33)(H2,30,31,37);2*1H/t24-;;/m1../s1. The van der Waals surface area contributed by atoms with Crippen LogP contribution in [0.5, 0.6) is 0 Å². The number of fused-ring (bicyclic) bond motifs is 1. The fourth-order valence-electron chi connectivity index (χ4n) is 5.02. The molecule has 8 nitrogen and oxygen atoms in total. The summed E-state index contributed by atoms with van der Waals surface area (Å²) in [5.74, 6) is 0.504. The van der Waals surface area contributed by atoms with Gasteiger partial charge < -0.3 is 25.3 Å². The number of hydrogen-bond donors (Lipinski definition) is 4. The minimum absolute atomic E-state index is 0. The molecule has 0 saturated carbocycles. The predicted molar refractivity (Wildman–Crippen MR) is 168 cm³/mol. The van der Waals surface area contributed by atoms with Crippen LogP contribution < -0.4 is 15.8 Å². The molecule has 1 aliphatic rings. The van der Waals surface area contributed by atoms with E-state index in [1.807, 2.05) is 24.3 Å². The maximum atomic E-state index is 12.9. The first kappa shape index (κ1) is 31.0. The first-order valence-electron chi connectivity index (χ1n) is 12.8. The third kappa shape index (κ3) is 6.96. The maximum absolute atomic E-state index is 12.9. The van der Waals surface area contributed by atoms with Crippen LogP contribution in [-0.2, 0) is 0 Å².